The molecule has 1 saturated carbocycles. The van der Waals surface area contributed by atoms with Gasteiger partial charge in [-0.05, 0) is 50.1 Å². The molecule has 98 valence electrons. The summed E-state index contributed by atoms with van der Waals surface area (Å²) in [5.74, 6) is 1.93. The highest BCUT2D eigenvalue weighted by Crippen LogP contribution is 2.30. The molecule has 0 bridgehead atoms. The second-order valence-electron chi connectivity index (χ2n) is 5.84. The van der Waals surface area contributed by atoms with Gasteiger partial charge in [0.1, 0.15) is 6.10 Å². The standard InChI is InChI=1S/C15H27NO/c1-13-5-4-6-14(11-13)8-9-16-12-15-7-2-3-10-17-15/h3,10,13-16H,2,4-9,11-12H2,1H3. The van der Waals surface area contributed by atoms with Gasteiger partial charge in [-0.25, -0.2) is 0 Å². The number of nitrogens with one attached hydrogen (secondary N) is 1. The van der Waals surface area contributed by atoms with Crippen LogP contribution in [0.4, 0.5) is 0 Å². The molecule has 17 heavy (non-hydrogen) atoms. The largest absolute Gasteiger partial charge is 0.497 e. The maximum Gasteiger partial charge on any atom is 0.110 e. The van der Waals surface area contributed by atoms with Crippen LogP contribution >= 0.6 is 0 Å². The Morgan fingerprint density at radius 2 is 2.24 bits per heavy atom. The van der Waals surface area contributed by atoms with Gasteiger partial charge >= 0.3 is 0 Å². The molecule has 0 amide bonds. The van der Waals surface area contributed by atoms with Crippen LogP contribution < -0.4 is 5.32 Å². The van der Waals surface area contributed by atoms with Crippen molar-refractivity contribution in [3.05, 3.63) is 12.3 Å². The lowest BCUT2D eigenvalue weighted by molar-refractivity contribution is 0.121. The molecule has 1 aliphatic heterocycles. The Labute approximate surface area is 106 Å². The van der Waals surface area contributed by atoms with Gasteiger partial charge in [0.25, 0.3) is 0 Å². The predicted molar refractivity (Wildman–Crippen MR) is 71.9 cm³/mol. The zero-order valence-corrected chi connectivity index (χ0v) is 11.2. The SMILES string of the molecule is CC1CCCC(CCNCC2CCC=CO2)C1. The van der Waals surface area contributed by atoms with E-state index < -0.39 is 0 Å². The molecule has 0 saturated heterocycles. The van der Waals surface area contributed by atoms with Crippen molar-refractivity contribution >= 4 is 0 Å². The van der Waals surface area contributed by atoms with E-state index in [4.69, 9.17) is 4.74 Å². The molecule has 3 unspecified atom stereocenters. The van der Waals surface area contributed by atoms with E-state index >= 15 is 0 Å². The number of allylic oxidation sites excluding steroid dienone is 1. The number of hydrogen-bond acceptors (Lipinski definition) is 2. The third-order valence-corrected chi connectivity index (χ3v) is 4.17. The summed E-state index contributed by atoms with van der Waals surface area (Å²) in [5.41, 5.74) is 0. The van der Waals surface area contributed by atoms with Crippen LogP contribution in [0.25, 0.3) is 0 Å². The number of rotatable bonds is 5. The van der Waals surface area contributed by atoms with Crippen molar-refractivity contribution in [3.8, 4) is 0 Å². The number of hydrogen-bond donors (Lipinski definition) is 1. The summed E-state index contributed by atoms with van der Waals surface area (Å²) in [6.07, 6.45) is 13.9. The first kappa shape index (κ1) is 12.9. The summed E-state index contributed by atoms with van der Waals surface area (Å²) in [7, 11) is 0. The lowest BCUT2D eigenvalue weighted by Crippen LogP contribution is -2.31. The molecule has 1 fully saturated rings. The van der Waals surface area contributed by atoms with Crippen LogP contribution in [0.1, 0.15) is 51.9 Å². The average molecular weight is 237 g/mol. The van der Waals surface area contributed by atoms with Gasteiger partial charge < -0.3 is 10.1 Å². The Morgan fingerprint density at radius 1 is 1.29 bits per heavy atom. The zero-order valence-electron chi connectivity index (χ0n) is 11.2. The minimum atomic E-state index is 0.408. The molecule has 3 atom stereocenters. The van der Waals surface area contributed by atoms with Gasteiger partial charge in [0.05, 0.1) is 6.26 Å². The molecule has 0 spiro atoms. The first-order valence-corrected chi connectivity index (χ1v) is 7.36. The van der Waals surface area contributed by atoms with Crippen molar-refractivity contribution in [2.24, 2.45) is 11.8 Å². The van der Waals surface area contributed by atoms with Crippen LogP contribution in [0.15, 0.2) is 12.3 Å². The highest BCUT2D eigenvalue weighted by atomic mass is 16.5. The van der Waals surface area contributed by atoms with Crippen LogP contribution in [0.2, 0.25) is 0 Å². The highest BCUT2D eigenvalue weighted by Gasteiger charge is 2.18. The minimum Gasteiger partial charge on any atom is -0.497 e. The van der Waals surface area contributed by atoms with E-state index in [1.54, 1.807) is 0 Å². The quantitative estimate of drug-likeness (QED) is 0.739. The van der Waals surface area contributed by atoms with E-state index in [0.717, 1.165) is 18.4 Å². The smallest absolute Gasteiger partial charge is 0.110 e. The molecule has 2 rings (SSSR count). The topological polar surface area (TPSA) is 21.3 Å². The van der Waals surface area contributed by atoms with Crippen molar-refractivity contribution < 1.29 is 4.74 Å². The molecular weight excluding hydrogens is 210 g/mol. The van der Waals surface area contributed by atoms with E-state index in [9.17, 15) is 0 Å². The monoisotopic (exact) mass is 237 g/mol. The average Bonchev–Trinajstić information content (AvgIpc) is 2.36. The fourth-order valence-electron chi connectivity index (χ4n) is 3.13. The summed E-state index contributed by atoms with van der Waals surface area (Å²) >= 11 is 0. The van der Waals surface area contributed by atoms with Crippen LogP contribution in [-0.2, 0) is 4.74 Å². The van der Waals surface area contributed by atoms with Crippen LogP contribution in [0.5, 0.6) is 0 Å². The Bertz CT molecular complexity index is 239. The van der Waals surface area contributed by atoms with Gasteiger partial charge in [0, 0.05) is 6.54 Å². The zero-order chi connectivity index (χ0) is 11.9. The van der Waals surface area contributed by atoms with Gasteiger partial charge in [-0.2, -0.15) is 0 Å². The van der Waals surface area contributed by atoms with Crippen LogP contribution in [-0.4, -0.2) is 19.2 Å². The van der Waals surface area contributed by atoms with E-state index in [1.165, 1.54) is 51.5 Å². The molecule has 0 radical (unpaired) electrons. The van der Waals surface area contributed by atoms with Gasteiger partial charge in [-0.1, -0.05) is 26.2 Å². The Kier molecular flexibility index (Phi) is 5.37. The molecule has 1 N–H and O–H groups in total. The van der Waals surface area contributed by atoms with Gasteiger partial charge in [0.2, 0.25) is 0 Å². The normalized spacial score (nSPS) is 33.4. The van der Waals surface area contributed by atoms with Crippen molar-refractivity contribution in [2.45, 2.75) is 58.0 Å². The molecule has 1 aliphatic carbocycles. The third-order valence-electron chi connectivity index (χ3n) is 4.17. The van der Waals surface area contributed by atoms with Crippen molar-refractivity contribution in [1.82, 2.24) is 5.32 Å². The molecule has 0 aromatic carbocycles. The van der Waals surface area contributed by atoms with E-state index in [1.807, 2.05) is 6.26 Å². The van der Waals surface area contributed by atoms with Crippen molar-refractivity contribution in [3.63, 3.8) is 0 Å². The Morgan fingerprint density at radius 3 is 3.00 bits per heavy atom. The maximum absolute atomic E-state index is 5.54. The summed E-state index contributed by atoms with van der Waals surface area (Å²) in [5, 5.41) is 3.56. The fraction of sp³-hybridized carbons (Fsp3) is 0.867. The molecular formula is C15H27NO. The van der Waals surface area contributed by atoms with Crippen molar-refractivity contribution in [1.29, 1.82) is 0 Å². The summed E-state index contributed by atoms with van der Waals surface area (Å²) in [6.45, 7) is 4.59. The van der Waals surface area contributed by atoms with E-state index in [-0.39, 0.29) is 0 Å². The van der Waals surface area contributed by atoms with Crippen molar-refractivity contribution in [2.75, 3.05) is 13.1 Å². The molecule has 2 heteroatoms. The summed E-state index contributed by atoms with van der Waals surface area (Å²) < 4.78 is 5.54. The first-order valence-electron chi connectivity index (χ1n) is 7.36. The maximum atomic E-state index is 5.54. The Balaban J connectivity index is 1.52. The molecule has 0 aromatic heterocycles. The van der Waals surface area contributed by atoms with Gasteiger partial charge in [0.15, 0.2) is 0 Å². The van der Waals surface area contributed by atoms with Crippen LogP contribution in [0.3, 0.4) is 0 Å². The highest BCUT2D eigenvalue weighted by molar-refractivity contribution is 4.83. The number of ether oxygens (including phenoxy) is 1. The molecule has 0 aromatic rings. The lowest BCUT2D eigenvalue weighted by atomic mass is 9.81. The summed E-state index contributed by atoms with van der Waals surface area (Å²) in [4.78, 5) is 0. The lowest BCUT2D eigenvalue weighted by Gasteiger charge is -2.27. The van der Waals surface area contributed by atoms with Gasteiger partial charge in [-0.15, -0.1) is 0 Å². The van der Waals surface area contributed by atoms with Gasteiger partial charge in [-0.3, -0.25) is 0 Å². The molecule has 1 heterocycles. The van der Waals surface area contributed by atoms with E-state index in [2.05, 4.69) is 18.3 Å². The summed E-state index contributed by atoms with van der Waals surface area (Å²) in [6, 6.07) is 0. The fourth-order valence-corrected chi connectivity index (χ4v) is 3.13. The minimum absolute atomic E-state index is 0.408. The van der Waals surface area contributed by atoms with E-state index in [0.29, 0.717) is 6.10 Å². The third kappa shape index (κ3) is 4.71. The second kappa shape index (κ2) is 7.05. The molecule has 2 nitrogen and oxygen atoms in total. The molecule has 2 aliphatic rings. The second-order valence-corrected chi connectivity index (χ2v) is 5.84. The first-order chi connectivity index (χ1) is 8.34. The predicted octanol–water partition coefficient (Wildman–Crippen LogP) is 3.49. The Hall–Kier alpha value is -0.500. The van der Waals surface area contributed by atoms with Crippen LogP contribution in [0, 0.1) is 11.8 Å².